The van der Waals surface area contributed by atoms with E-state index in [2.05, 4.69) is 36.3 Å². The number of aryl methyl sites for hydroxylation is 1. The summed E-state index contributed by atoms with van der Waals surface area (Å²) in [5, 5.41) is 12.5. The van der Waals surface area contributed by atoms with Gasteiger partial charge in [0.1, 0.15) is 0 Å². The SMILES string of the molecule is Cc1cc(NC2CCN(C)C(C)C2)ccc1C#N. The van der Waals surface area contributed by atoms with Gasteiger partial charge < -0.3 is 10.2 Å². The quantitative estimate of drug-likeness (QED) is 0.868. The van der Waals surface area contributed by atoms with E-state index in [0.29, 0.717) is 12.1 Å². The molecule has 1 heterocycles. The summed E-state index contributed by atoms with van der Waals surface area (Å²) in [5.41, 5.74) is 2.94. The van der Waals surface area contributed by atoms with Crippen LogP contribution in [0.25, 0.3) is 0 Å². The molecule has 2 rings (SSSR count). The molecule has 2 unspecified atom stereocenters. The number of anilines is 1. The second-order valence-electron chi connectivity index (χ2n) is 5.34. The van der Waals surface area contributed by atoms with Crippen LogP contribution in [-0.2, 0) is 0 Å². The average molecular weight is 243 g/mol. The van der Waals surface area contributed by atoms with Crippen molar-refractivity contribution in [2.45, 2.75) is 38.8 Å². The summed E-state index contributed by atoms with van der Waals surface area (Å²) in [6, 6.07) is 9.36. The minimum atomic E-state index is 0.545. The van der Waals surface area contributed by atoms with Gasteiger partial charge in [0.2, 0.25) is 0 Å². The van der Waals surface area contributed by atoms with Crippen LogP contribution in [0.4, 0.5) is 5.69 Å². The summed E-state index contributed by atoms with van der Waals surface area (Å²) in [5.74, 6) is 0. The van der Waals surface area contributed by atoms with Crippen LogP contribution in [0.15, 0.2) is 18.2 Å². The minimum absolute atomic E-state index is 0.545. The molecule has 1 aliphatic heterocycles. The molecule has 1 fully saturated rings. The molecule has 3 nitrogen and oxygen atoms in total. The van der Waals surface area contributed by atoms with E-state index in [1.165, 1.54) is 12.8 Å². The number of nitrogens with one attached hydrogen (secondary N) is 1. The van der Waals surface area contributed by atoms with Gasteiger partial charge in [0.05, 0.1) is 11.6 Å². The monoisotopic (exact) mass is 243 g/mol. The Hall–Kier alpha value is -1.53. The molecule has 0 radical (unpaired) electrons. The highest BCUT2D eigenvalue weighted by Gasteiger charge is 2.22. The lowest BCUT2D eigenvalue weighted by atomic mass is 9.98. The third-order valence-electron chi connectivity index (χ3n) is 3.93. The maximum Gasteiger partial charge on any atom is 0.0994 e. The van der Waals surface area contributed by atoms with Crippen LogP contribution in [0.2, 0.25) is 0 Å². The largest absolute Gasteiger partial charge is 0.382 e. The van der Waals surface area contributed by atoms with Crippen LogP contribution in [0.1, 0.15) is 30.9 Å². The first-order chi connectivity index (χ1) is 8.60. The van der Waals surface area contributed by atoms with Gasteiger partial charge >= 0.3 is 0 Å². The molecule has 1 saturated heterocycles. The maximum absolute atomic E-state index is 8.92. The van der Waals surface area contributed by atoms with Crippen molar-refractivity contribution < 1.29 is 0 Å². The number of nitrogens with zero attached hydrogens (tertiary/aromatic N) is 2. The van der Waals surface area contributed by atoms with Gasteiger partial charge in [0.15, 0.2) is 0 Å². The molecular formula is C15H21N3. The number of piperidine rings is 1. The van der Waals surface area contributed by atoms with Crippen molar-refractivity contribution in [1.29, 1.82) is 5.26 Å². The molecule has 1 N–H and O–H groups in total. The molecule has 2 atom stereocenters. The molecule has 0 aromatic heterocycles. The summed E-state index contributed by atoms with van der Waals surface area (Å²) < 4.78 is 0. The lowest BCUT2D eigenvalue weighted by Gasteiger charge is -2.35. The van der Waals surface area contributed by atoms with Gasteiger partial charge in [-0.05, 0) is 57.5 Å². The van der Waals surface area contributed by atoms with E-state index in [1.807, 2.05) is 19.1 Å². The van der Waals surface area contributed by atoms with Gasteiger partial charge in [-0.15, -0.1) is 0 Å². The van der Waals surface area contributed by atoms with Crippen molar-refractivity contribution >= 4 is 5.69 Å². The zero-order valence-corrected chi connectivity index (χ0v) is 11.4. The van der Waals surface area contributed by atoms with Gasteiger partial charge in [0.25, 0.3) is 0 Å². The van der Waals surface area contributed by atoms with Gasteiger partial charge in [0, 0.05) is 24.3 Å². The van der Waals surface area contributed by atoms with Crippen molar-refractivity contribution in [3.8, 4) is 6.07 Å². The van der Waals surface area contributed by atoms with E-state index in [1.54, 1.807) is 0 Å². The van der Waals surface area contributed by atoms with Gasteiger partial charge in [-0.2, -0.15) is 5.26 Å². The average Bonchev–Trinajstić information content (AvgIpc) is 2.34. The molecule has 0 amide bonds. The van der Waals surface area contributed by atoms with Crippen molar-refractivity contribution in [1.82, 2.24) is 4.90 Å². The fraction of sp³-hybridized carbons (Fsp3) is 0.533. The summed E-state index contributed by atoms with van der Waals surface area (Å²) >= 11 is 0. The summed E-state index contributed by atoms with van der Waals surface area (Å²) in [4.78, 5) is 2.40. The number of benzene rings is 1. The van der Waals surface area contributed by atoms with E-state index in [-0.39, 0.29) is 0 Å². The van der Waals surface area contributed by atoms with Crippen molar-refractivity contribution in [2.75, 3.05) is 18.9 Å². The normalized spacial score (nSPS) is 24.6. The lowest BCUT2D eigenvalue weighted by molar-refractivity contribution is 0.190. The Bertz CT molecular complexity index is 461. The van der Waals surface area contributed by atoms with Crippen LogP contribution in [0.5, 0.6) is 0 Å². The number of likely N-dealkylation sites (tertiary alicyclic amines) is 1. The lowest BCUT2D eigenvalue weighted by Crippen LogP contribution is -2.42. The molecule has 0 spiro atoms. The third-order valence-corrected chi connectivity index (χ3v) is 3.93. The first-order valence-electron chi connectivity index (χ1n) is 6.57. The van der Waals surface area contributed by atoms with E-state index in [0.717, 1.165) is 23.4 Å². The van der Waals surface area contributed by atoms with Crippen molar-refractivity contribution in [2.24, 2.45) is 0 Å². The fourth-order valence-corrected chi connectivity index (χ4v) is 2.54. The number of nitriles is 1. The molecule has 1 aromatic rings. The van der Waals surface area contributed by atoms with Crippen LogP contribution in [0, 0.1) is 18.3 Å². The second kappa shape index (κ2) is 5.41. The molecule has 0 bridgehead atoms. The highest BCUT2D eigenvalue weighted by Crippen LogP contribution is 2.21. The van der Waals surface area contributed by atoms with Crippen molar-refractivity contribution in [3.63, 3.8) is 0 Å². The van der Waals surface area contributed by atoms with Gasteiger partial charge in [-0.3, -0.25) is 0 Å². The number of hydrogen-bond donors (Lipinski definition) is 1. The first-order valence-corrected chi connectivity index (χ1v) is 6.57. The third kappa shape index (κ3) is 2.83. The predicted octanol–water partition coefficient (Wildman–Crippen LogP) is 2.76. The zero-order chi connectivity index (χ0) is 13.1. The number of rotatable bonds is 2. The second-order valence-corrected chi connectivity index (χ2v) is 5.34. The van der Waals surface area contributed by atoms with E-state index >= 15 is 0 Å². The summed E-state index contributed by atoms with van der Waals surface area (Å²) in [6.07, 6.45) is 2.36. The maximum atomic E-state index is 8.92. The van der Waals surface area contributed by atoms with Gasteiger partial charge in [-0.1, -0.05) is 0 Å². The Labute approximate surface area is 109 Å². The topological polar surface area (TPSA) is 39.1 Å². The molecule has 3 heteroatoms. The van der Waals surface area contributed by atoms with E-state index < -0.39 is 0 Å². The minimum Gasteiger partial charge on any atom is -0.382 e. The number of hydrogen-bond acceptors (Lipinski definition) is 3. The predicted molar refractivity (Wildman–Crippen MR) is 74.6 cm³/mol. The highest BCUT2D eigenvalue weighted by atomic mass is 15.1. The van der Waals surface area contributed by atoms with Crippen LogP contribution < -0.4 is 5.32 Å². The zero-order valence-electron chi connectivity index (χ0n) is 11.4. The Kier molecular flexibility index (Phi) is 3.88. The van der Waals surface area contributed by atoms with Gasteiger partial charge in [-0.25, -0.2) is 0 Å². The molecule has 0 aliphatic carbocycles. The summed E-state index contributed by atoms with van der Waals surface area (Å²) in [6.45, 7) is 5.41. The molecule has 18 heavy (non-hydrogen) atoms. The van der Waals surface area contributed by atoms with Crippen molar-refractivity contribution in [3.05, 3.63) is 29.3 Å². The Morgan fingerprint density at radius 2 is 2.22 bits per heavy atom. The molecule has 1 aliphatic rings. The first kappa shape index (κ1) is 12.9. The summed E-state index contributed by atoms with van der Waals surface area (Å²) in [7, 11) is 2.19. The Morgan fingerprint density at radius 3 is 2.83 bits per heavy atom. The fourth-order valence-electron chi connectivity index (χ4n) is 2.54. The molecule has 96 valence electrons. The van der Waals surface area contributed by atoms with E-state index in [9.17, 15) is 0 Å². The highest BCUT2D eigenvalue weighted by molar-refractivity contribution is 5.52. The van der Waals surface area contributed by atoms with Crippen LogP contribution in [-0.4, -0.2) is 30.6 Å². The standard InChI is InChI=1S/C15H21N3/c1-11-8-14(5-4-13(11)10-16)17-15-6-7-18(3)12(2)9-15/h4-5,8,12,15,17H,6-7,9H2,1-3H3. The van der Waals surface area contributed by atoms with E-state index in [4.69, 9.17) is 5.26 Å². The Morgan fingerprint density at radius 1 is 1.44 bits per heavy atom. The molecular weight excluding hydrogens is 222 g/mol. The molecule has 0 saturated carbocycles. The van der Waals surface area contributed by atoms with Crippen LogP contribution >= 0.6 is 0 Å². The Balaban J connectivity index is 2.02. The smallest absolute Gasteiger partial charge is 0.0994 e. The molecule has 1 aromatic carbocycles. The van der Waals surface area contributed by atoms with Crippen LogP contribution in [0.3, 0.4) is 0 Å².